The Morgan fingerprint density at radius 3 is 2.65 bits per heavy atom. The van der Waals surface area contributed by atoms with Crippen molar-refractivity contribution >= 4 is 23.6 Å². The Hall–Kier alpha value is -2.41. The lowest BCUT2D eigenvalue weighted by molar-refractivity contribution is -0.143. The quantitative estimate of drug-likeness (QED) is 0.655. The van der Waals surface area contributed by atoms with Crippen LogP contribution in [0.3, 0.4) is 0 Å². The highest BCUT2D eigenvalue weighted by Gasteiger charge is 2.34. The van der Waals surface area contributed by atoms with E-state index in [-0.39, 0.29) is 22.6 Å². The largest absolute Gasteiger partial charge is 0.503 e. The van der Waals surface area contributed by atoms with Gasteiger partial charge < -0.3 is 25.2 Å². The topological polar surface area (TPSA) is 96.9 Å². The zero-order valence-corrected chi connectivity index (χ0v) is 15.9. The number of phenols is 1. The molecule has 1 aromatic rings. The van der Waals surface area contributed by atoms with Gasteiger partial charge in [0.1, 0.15) is 0 Å². The maximum absolute atomic E-state index is 12.7. The molecule has 0 aliphatic carbocycles. The van der Waals surface area contributed by atoms with Crippen LogP contribution in [0.1, 0.15) is 45.2 Å². The first-order valence-corrected chi connectivity index (χ1v) is 8.74. The van der Waals surface area contributed by atoms with Gasteiger partial charge in [-0.05, 0) is 38.0 Å². The Bertz CT molecular complexity index is 745. The van der Waals surface area contributed by atoms with Crippen molar-refractivity contribution in [1.82, 2.24) is 10.6 Å². The van der Waals surface area contributed by atoms with E-state index in [4.69, 9.17) is 21.1 Å². The minimum absolute atomic E-state index is 0.0563. The number of benzene rings is 1. The third kappa shape index (κ3) is 4.22. The number of nitrogens with one attached hydrogen (secondary N) is 2. The van der Waals surface area contributed by atoms with Crippen LogP contribution in [0.5, 0.6) is 11.5 Å². The lowest BCUT2D eigenvalue weighted by Gasteiger charge is -2.30. The van der Waals surface area contributed by atoms with Gasteiger partial charge in [0.15, 0.2) is 11.5 Å². The molecule has 1 atom stereocenters. The highest BCUT2D eigenvalue weighted by atomic mass is 35.5. The van der Waals surface area contributed by atoms with Gasteiger partial charge in [0, 0.05) is 5.70 Å². The molecule has 0 radical (unpaired) electrons. The van der Waals surface area contributed by atoms with Gasteiger partial charge in [-0.1, -0.05) is 24.9 Å². The van der Waals surface area contributed by atoms with Crippen molar-refractivity contribution in [2.24, 2.45) is 0 Å². The summed E-state index contributed by atoms with van der Waals surface area (Å²) in [5.41, 5.74) is 1.32. The average Bonchev–Trinajstić information content (AvgIpc) is 2.56. The van der Waals surface area contributed by atoms with Crippen LogP contribution in [-0.4, -0.2) is 30.3 Å². The van der Waals surface area contributed by atoms with Crippen LogP contribution in [-0.2, 0) is 9.53 Å². The number of rotatable bonds is 6. The molecule has 1 aliphatic rings. The van der Waals surface area contributed by atoms with E-state index >= 15 is 0 Å². The van der Waals surface area contributed by atoms with Crippen molar-refractivity contribution in [3.8, 4) is 11.5 Å². The molecule has 0 bridgehead atoms. The van der Waals surface area contributed by atoms with E-state index in [1.807, 2.05) is 6.92 Å². The molecule has 0 aromatic heterocycles. The summed E-state index contributed by atoms with van der Waals surface area (Å²) in [7, 11) is 1.39. The van der Waals surface area contributed by atoms with Crippen molar-refractivity contribution in [3.63, 3.8) is 0 Å². The molecule has 0 saturated heterocycles. The summed E-state index contributed by atoms with van der Waals surface area (Å²) in [6, 6.07) is 1.82. The van der Waals surface area contributed by atoms with Gasteiger partial charge in [-0.2, -0.15) is 0 Å². The van der Waals surface area contributed by atoms with Crippen LogP contribution >= 0.6 is 11.6 Å². The molecule has 7 nitrogen and oxygen atoms in total. The number of hydrogen-bond donors (Lipinski definition) is 3. The number of aromatic hydroxyl groups is 1. The third-order valence-electron chi connectivity index (χ3n) is 3.82. The zero-order valence-electron chi connectivity index (χ0n) is 15.2. The average molecular weight is 383 g/mol. The normalized spacial score (nSPS) is 17.0. The highest BCUT2D eigenvalue weighted by molar-refractivity contribution is 6.32. The maximum atomic E-state index is 12.7. The molecule has 26 heavy (non-hydrogen) atoms. The summed E-state index contributed by atoms with van der Waals surface area (Å²) >= 11 is 6.07. The van der Waals surface area contributed by atoms with E-state index in [9.17, 15) is 14.7 Å². The number of phenolic OH excluding ortho intramolecular Hbond substituents is 1. The zero-order chi connectivity index (χ0) is 19.4. The van der Waals surface area contributed by atoms with Crippen molar-refractivity contribution in [2.75, 3.05) is 7.11 Å². The van der Waals surface area contributed by atoms with E-state index in [0.717, 1.165) is 6.42 Å². The second-order valence-electron chi connectivity index (χ2n) is 6.18. The first-order chi connectivity index (χ1) is 12.3. The lowest BCUT2D eigenvalue weighted by Crippen LogP contribution is -2.46. The van der Waals surface area contributed by atoms with Crippen LogP contribution in [0.25, 0.3) is 0 Å². The first kappa shape index (κ1) is 19.9. The van der Waals surface area contributed by atoms with Crippen LogP contribution in [0.15, 0.2) is 23.4 Å². The van der Waals surface area contributed by atoms with Crippen molar-refractivity contribution < 1.29 is 24.2 Å². The Kier molecular flexibility index (Phi) is 6.37. The number of allylic oxidation sites excluding steroid dienone is 1. The van der Waals surface area contributed by atoms with E-state index in [1.165, 1.54) is 19.2 Å². The number of halogens is 1. The van der Waals surface area contributed by atoms with Gasteiger partial charge in [-0.3, -0.25) is 0 Å². The van der Waals surface area contributed by atoms with E-state index in [0.29, 0.717) is 23.3 Å². The van der Waals surface area contributed by atoms with Crippen LogP contribution in [0.4, 0.5) is 4.79 Å². The van der Waals surface area contributed by atoms with Gasteiger partial charge in [-0.25, -0.2) is 9.59 Å². The van der Waals surface area contributed by atoms with Crippen molar-refractivity contribution in [2.45, 2.75) is 45.8 Å². The molecule has 2 rings (SSSR count). The number of carbonyl (C=O) groups is 2. The number of ether oxygens (including phenoxy) is 2. The van der Waals surface area contributed by atoms with Gasteiger partial charge >= 0.3 is 12.0 Å². The number of urea groups is 1. The predicted molar refractivity (Wildman–Crippen MR) is 97.2 cm³/mol. The van der Waals surface area contributed by atoms with Gasteiger partial charge in [0.2, 0.25) is 0 Å². The Labute approximate surface area is 157 Å². The molecular weight excluding hydrogens is 360 g/mol. The molecule has 0 spiro atoms. The fourth-order valence-corrected chi connectivity index (χ4v) is 2.97. The Morgan fingerprint density at radius 1 is 1.38 bits per heavy atom. The molecule has 3 N–H and O–H groups in total. The molecule has 0 fully saturated rings. The fraction of sp³-hybridized carbons (Fsp3) is 0.444. The molecular formula is C18H23ClN2O5. The lowest BCUT2D eigenvalue weighted by atomic mass is 9.93. The standard InChI is InChI=1S/C18H23ClN2O5/c1-5-6-12-14(17(23)26-9(2)3)15(21-18(24)20-12)10-7-11(19)16(22)13(8-10)25-4/h7-9,15,22H,5-6H2,1-4H3,(H2,20,21,24). The van der Waals surface area contributed by atoms with Crippen molar-refractivity contribution in [3.05, 3.63) is 34.0 Å². The number of amides is 2. The molecule has 0 saturated carbocycles. The molecule has 142 valence electrons. The van der Waals surface area contributed by atoms with Crippen LogP contribution in [0.2, 0.25) is 5.02 Å². The Morgan fingerprint density at radius 2 is 2.08 bits per heavy atom. The second kappa shape index (κ2) is 8.31. The minimum atomic E-state index is -0.774. The van der Waals surface area contributed by atoms with E-state index < -0.39 is 18.0 Å². The highest BCUT2D eigenvalue weighted by Crippen LogP contribution is 2.39. The number of esters is 1. The summed E-state index contributed by atoms with van der Waals surface area (Å²) in [5.74, 6) is -0.583. The molecule has 2 amide bonds. The van der Waals surface area contributed by atoms with Crippen LogP contribution in [0, 0.1) is 0 Å². The maximum Gasteiger partial charge on any atom is 0.338 e. The monoisotopic (exact) mass is 382 g/mol. The minimum Gasteiger partial charge on any atom is -0.503 e. The third-order valence-corrected chi connectivity index (χ3v) is 4.11. The predicted octanol–water partition coefficient (Wildman–Crippen LogP) is 3.41. The first-order valence-electron chi connectivity index (χ1n) is 8.36. The van der Waals surface area contributed by atoms with Gasteiger partial charge in [-0.15, -0.1) is 0 Å². The number of methoxy groups -OCH3 is 1. The number of carbonyl (C=O) groups excluding carboxylic acids is 2. The molecule has 8 heteroatoms. The molecule has 1 aromatic carbocycles. The van der Waals surface area contributed by atoms with Gasteiger partial charge in [0.05, 0.1) is 29.9 Å². The summed E-state index contributed by atoms with van der Waals surface area (Å²) in [5, 5.41) is 15.4. The van der Waals surface area contributed by atoms with Crippen LogP contribution < -0.4 is 15.4 Å². The SMILES string of the molecule is CCCC1=C(C(=O)OC(C)C)C(c2cc(Cl)c(O)c(OC)c2)NC(=O)N1. The molecule has 1 unspecified atom stereocenters. The summed E-state index contributed by atoms with van der Waals surface area (Å²) in [6.07, 6.45) is 0.935. The fourth-order valence-electron chi connectivity index (χ4n) is 2.75. The summed E-state index contributed by atoms with van der Waals surface area (Å²) in [6.45, 7) is 5.45. The summed E-state index contributed by atoms with van der Waals surface area (Å²) in [4.78, 5) is 24.8. The smallest absolute Gasteiger partial charge is 0.338 e. The molecule has 1 aliphatic heterocycles. The second-order valence-corrected chi connectivity index (χ2v) is 6.59. The van der Waals surface area contributed by atoms with E-state index in [2.05, 4.69) is 10.6 Å². The summed E-state index contributed by atoms with van der Waals surface area (Å²) < 4.78 is 10.5. The van der Waals surface area contributed by atoms with Crippen molar-refractivity contribution in [1.29, 1.82) is 0 Å². The Balaban J connectivity index is 2.59. The van der Waals surface area contributed by atoms with E-state index in [1.54, 1.807) is 13.8 Å². The van der Waals surface area contributed by atoms with Gasteiger partial charge in [0.25, 0.3) is 0 Å². The number of hydrogen-bond acceptors (Lipinski definition) is 5. The molecule has 1 heterocycles.